The van der Waals surface area contributed by atoms with Crippen molar-refractivity contribution >= 4 is 69.8 Å². The van der Waals surface area contributed by atoms with Gasteiger partial charge in [0.1, 0.15) is 0 Å². The molecule has 0 spiro atoms. The largest absolute Gasteiger partial charge is 0.463 e. The Hall–Kier alpha value is -8.20. The number of piperidine rings is 1. The van der Waals surface area contributed by atoms with Gasteiger partial charge in [-0.15, -0.1) is 6.42 Å². The third kappa shape index (κ3) is 84.6. The van der Waals surface area contributed by atoms with E-state index in [0.717, 1.165) is 51.5 Å². The Morgan fingerprint density at radius 3 is 1.13 bits per heavy atom. The van der Waals surface area contributed by atoms with Crippen LogP contribution in [-0.2, 0) is 62.3 Å². The quantitative estimate of drug-likeness (QED) is 0.0417. The van der Waals surface area contributed by atoms with Crippen molar-refractivity contribution in [3.8, 4) is 24.2 Å². The normalized spacial score (nSPS) is 14.0. The Balaban J connectivity index is -0.000000207. The monoisotopic (exact) mass is 1790 g/mol. The van der Waals surface area contributed by atoms with Gasteiger partial charge in [0.05, 0.1) is 6.61 Å². The molecule has 0 unspecified atom stereocenters. The molecular formula is C109H187N5O14. The van der Waals surface area contributed by atoms with Crippen LogP contribution in [0.2, 0.25) is 0 Å². The molecule has 0 aromatic heterocycles. The zero-order valence-electron chi connectivity index (χ0n) is 88.8. The second-order valence-corrected chi connectivity index (χ2v) is 43.2. The van der Waals surface area contributed by atoms with Gasteiger partial charge < -0.3 is 25.0 Å². The summed E-state index contributed by atoms with van der Waals surface area (Å²) in [6.45, 7) is 89.3. The van der Waals surface area contributed by atoms with E-state index in [9.17, 15) is 57.5 Å². The molecule has 2 heterocycles. The third-order valence-corrected chi connectivity index (χ3v) is 17.7. The van der Waals surface area contributed by atoms with E-state index in [1.807, 2.05) is 255 Å². The fourth-order valence-electron chi connectivity index (χ4n) is 8.90. The van der Waals surface area contributed by atoms with Gasteiger partial charge in [-0.05, 0) is 243 Å². The summed E-state index contributed by atoms with van der Waals surface area (Å²) in [4.78, 5) is 142. The number of Topliss-reactive ketones (excluding diaryl/α,β-unsaturated/α-hetero) is 1. The van der Waals surface area contributed by atoms with Gasteiger partial charge in [-0.3, -0.25) is 62.5 Å². The molecule has 19 heteroatoms. The van der Waals surface area contributed by atoms with Crippen molar-refractivity contribution < 1.29 is 67.4 Å². The minimum absolute atomic E-state index is 0.0179. The predicted octanol–water partition coefficient (Wildman–Crippen LogP) is 22.7. The van der Waals surface area contributed by atoms with Crippen LogP contribution in [0.3, 0.4) is 0 Å². The van der Waals surface area contributed by atoms with Crippen LogP contribution in [0.15, 0.2) is 122 Å². The zero-order valence-corrected chi connectivity index (χ0v) is 88.8. The van der Waals surface area contributed by atoms with Gasteiger partial charge in [0.15, 0.2) is 46.3 Å². The molecule has 128 heavy (non-hydrogen) atoms. The summed E-state index contributed by atoms with van der Waals surface area (Å²) < 4.78 is 4.63. The first-order valence-corrected chi connectivity index (χ1v) is 45.9. The Bertz CT molecular complexity index is 3680. The summed E-state index contributed by atoms with van der Waals surface area (Å²) in [6, 6.07) is 0. The number of terminal acetylenes is 1. The number of hydrogen-bond acceptors (Lipinski definition) is 17. The van der Waals surface area contributed by atoms with E-state index in [2.05, 4.69) is 78.6 Å². The maximum Gasteiger partial charge on any atom is 0.330 e. The SMILES string of the molecule is C#CC(=O)NC(C)(C)C.C=C(C1=CCCCC1)C(C)(C)C.C=CC(=O)N(CCC)C(C)(C)C.CC(=O)/C=C/C(=O)C(C)(C)C.CC(C)(C)C(=O)/C=C/CCO.CC(C)(C)C(=O)/C=C/CN1CCC1.CC(C)(C)C(=O)/C=C/CN1CCCCC1.CC/C=C/C(=O)C(C)(C)C.CCC#CC(=O)C(C)(C)C.CCOC(=O)/C=C/C(=O)C(C)(C)C.CN(C)C/C=C/C(=O)C(C)(C)C. The highest BCUT2D eigenvalue weighted by Gasteiger charge is 2.27. The maximum absolute atomic E-state index is 11.6. The lowest BCUT2D eigenvalue weighted by Crippen LogP contribution is -2.45. The average Bonchev–Trinajstić information content (AvgIpc) is 0.860. The Labute approximate surface area is 783 Å². The van der Waals surface area contributed by atoms with Crippen molar-refractivity contribution in [2.24, 2.45) is 48.7 Å². The standard InChI is InChI=1S/C13H23NO.C12H20.C11H19NO.2C10H19NO.C10H16O3.C9H14O2.C9H16O2.C9H16O.C9H14O.C7H11NO/c1-13(2,3)12(15)8-7-11-14-9-5-4-6-10-14;1-10(12(2,3)4)11-8-6-5-7-9-11;1-11(2,3)10(13)6-4-7-12-8-5-9-12;1-10(2,3)9(12)7-6-8-11(4)5;1-6-8-11(9(12)7-2)10(3,4)5;1-5-13-9(12)7-6-8(11)10(2,3)4;1-7(10)5-6-8(11)9(2,3)4;1-9(2,3)8(11)6-4-5-7-10;2*1-5-6-7-8(10)9(2,3)4;1-5-6(9)8-7(2,3)4/h7-8H,4-6,9-11H2,1-3H3;8H,1,5-7,9H2,2-4H3;4,6H,5,7-9H2,1-3H3;6-7H,8H2,1-5H3;7H,2,6,8H2,1,3-5H3;6-7H,5H2,1-4H3;5-6H,1-4H3;4,6,10H,5,7H2,1-3H3;6-7H,5H2,1-4H3;5H2,1-4H3;1H,2-4H3,(H,8,9)/b8-7+;;6-4+;7-6+;;7-6+;6-5+;6-4+;7-6+;;. The molecule has 0 aromatic rings. The van der Waals surface area contributed by atoms with Crippen LogP contribution in [0.25, 0.3) is 0 Å². The highest BCUT2D eigenvalue weighted by molar-refractivity contribution is 6.01. The predicted molar refractivity (Wildman–Crippen MR) is 541 cm³/mol. The molecule has 2 N–H and O–H groups in total. The minimum atomic E-state index is -0.472. The van der Waals surface area contributed by atoms with E-state index in [-0.39, 0.29) is 125 Å². The molecule has 0 aromatic carbocycles. The number of carbonyl (C=O) groups is 12. The Kier molecular flexibility index (Phi) is 72.7. The molecule has 2 saturated heterocycles. The van der Waals surface area contributed by atoms with E-state index in [0.29, 0.717) is 13.0 Å². The molecule has 19 nitrogen and oxygen atoms in total. The van der Waals surface area contributed by atoms with Crippen LogP contribution in [0, 0.1) is 72.9 Å². The van der Waals surface area contributed by atoms with Crippen LogP contribution in [0.1, 0.15) is 340 Å². The molecule has 3 rings (SSSR count). The molecule has 2 aliphatic heterocycles. The highest BCUT2D eigenvalue weighted by atomic mass is 16.5. The molecule has 0 atom stereocenters. The van der Waals surface area contributed by atoms with Gasteiger partial charge >= 0.3 is 5.97 Å². The number of amides is 2. The fourth-order valence-corrected chi connectivity index (χ4v) is 8.90. The average molecular weight is 1790 g/mol. The number of rotatable bonds is 23. The van der Waals surface area contributed by atoms with Crippen LogP contribution >= 0.6 is 0 Å². The first-order valence-electron chi connectivity index (χ1n) is 45.9. The van der Waals surface area contributed by atoms with Crippen LogP contribution in [0.4, 0.5) is 0 Å². The highest BCUT2D eigenvalue weighted by Crippen LogP contribution is 2.34. The van der Waals surface area contributed by atoms with Crippen molar-refractivity contribution in [1.82, 2.24) is 24.9 Å². The van der Waals surface area contributed by atoms with Crippen LogP contribution < -0.4 is 5.32 Å². The number of likely N-dealkylation sites (N-methyl/N-ethyl adjacent to an activating group) is 1. The van der Waals surface area contributed by atoms with E-state index in [1.54, 1.807) is 58.1 Å². The van der Waals surface area contributed by atoms with Crippen molar-refractivity contribution in [2.75, 3.05) is 79.7 Å². The maximum atomic E-state index is 11.6. The molecule has 1 aliphatic carbocycles. The lowest BCUT2D eigenvalue weighted by atomic mass is 9.79. The van der Waals surface area contributed by atoms with Crippen molar-refractivity contribution in [1.29, 1.82) is 0 Å². The number of aliphatic hydroxyl groups is 1. The lowest BCUT2D eigenvalue weighted by Gasteiger charge is -2.34. The van der Waals surface area contributed by atoms with Gasteiger partial charge in [-0.1, -0.05) is 270 Å². The molecule has 2 amide bonds. The van der Waals surface area contributed by atoms with Gasteiger partial charge in [0, 0.05) is 99.7 Å². The van der Waals surface area contributed by atoms with E-state index in [4.69, 9.17) is 11.5 Å². The van der Waals surface area contributed by atoms with E-state index >= 15 is 0 Å². The third-order valence-electron chi connectivity index (χ3n) is 17.7. The number of nitrogens with zero attached hydrogens (tertiary/aromatic N) is 4. The number of hydrogen-bond donors (Lipinski definition) is 2. The molecule has 3 aliphatic rings. The summed E-state index contributed by atoms with van der Waals surface area (Å²) in [7, 11) is 3.96. The Morgan fingerprint density at radius 2 is 0.859 bits per heavy atom. The summed E-state index contributed by atoms with van der Waals surface area (Å²) in [5.74, 6) is 7.25. The fraction of sp³-hybridized carbons (Fsp3) is 0.670. The summed E-state index contributed by atoms with van der Waals surface area (Å²) in [6.07, 6.45) is 45.2. The first kappa shape index (κ1) is 135. The second-order valence-electron chi connectivity index (χ2n) is 43.2. The summed E-state index contributed by atoms with van der Waals surface area (Å²) in [5, 5.41) is 11.0. The Morgan fingerprint density at radius 1 is 0.484 bits per heavy atom. The number of esters is 1. The number of aliphatic hydroxyl groups excluding tert-OH is 1. The number of likely N-dealkylation sites (tertiary alicyclic amines) is 2. The molecule has 0 bridgehead atoms. The molecule has 0 radical (unpaired) electrons. The number of nitrogens with one attached hydrogen (secondary N) is 1. The van der Waals surface area contributed by atoms with Crippen molar-refractivity contribution in [3.63, 3.8) is 0 Å². The zero-order chi connectivity index (χ0) is 102. The second kappa shape index (κ2) is 68.8. The van der Waals surface area contributed by atoms with Crippen molar-refractivity contribution in [3.05, 3.63) is 122 Å². The summed E-state index contributed by atoms with van der Waals surface area (Å²) >= 11 is 0. The topological polar surface area (TPSA) is 259 Å². The molecule has 732 valence electrons. The minimum Gasteiger partial charge on any atom is -0.463 e. The number of allylic oxidation sites excluding steroid dienone is 12. The van der Waals surface area contributed by atoms with Crippen LogP contribution in [-0.4, -0.2) is 185 Å². The van der Waals surface area contributed by atoms with Gasteiger partial charge in [0.25, 0.3) is 5.91 Å². The lowest BCUT2D eigenvalue weighted by molar-refractivity contribution is -0.137. The van der Waals surface area contributed by atoms with Gasteiger partial charge in [-0.2, -0.15) is 0 Å². The number of ketones is 9. The number of carbonyl (C=O) groups excluding carboxylic acids is 12. The number of ether oxygens (including phenoxy) is 1. The van der Waals surface area contributed by atoms with E-state index < -0.39 is 11.4 Å². The van der Waals surface area contributed by atoms with Crippen molar-refractivity contribution in [2.45, 2.75) is 351 Å². The molecular weight excluding hydrogens is 1600 g/mol. The smallest absolute Gasteiger partial charge is 0.330 e. The summed E-state index contributed by atoms with van der Waals surface area (Å²) in [5.41, 5.74) is 0.422. The molecule has 0 saturated carbocycles. The van der Waals surface area contributed by atoms with Gasteiger partial charge in [-0.25, -0.2) is 4.79 Å². The first-order chi connectivity index (χ1) is 57.9. The van der Waals surface area contributed by atoms with Crippen LogP contribution in [0.5, 0.6) is 0 Å². The molecule has 2 fully saturated rings. The van der Waals surface area contributed by atoms with E-state index in [1.165, 1.54) is 126 Å². The van der Waals surface area contributed by atoms with Gasteiger partial charge in [0.2, 0.25) is 11.7 Å².